The second kappa shape index (κ2) is 10.3. The predicted molar refractivity (Wildman–Crippen MR) is 158 cm³/mol. The number of carbonyl (C=O) groups is 1. The molecule has 39 heavy (non-hydrogen) atoms. The van der Waals surface area contributed by atoms with Crippen LogP contribution in [0.15, 0.2) is 84.9 Å². The summed E-state index contributed by atoms with van der Waals surface area (Å²) in [4.78, 5) is 14.0. The van der Waals surface area contributed by atoms with Gasteiger partial charge in [0.25, 0.3) is 5.91 Å². The van der Waals surface area contributed by atoms with Crippen LogP contribution in [0.25, 0.3) is 33.0 Å². The van der Waals surface area contributed by atoms with Crippen molar-refractivity contribution in [3.8, 4) is 39.5 Å². The molecule has 5 aromatic carbocycles. The largest absolute Gasteiger partial charge is 0.506 e. The number of methoxy groups -OCH3 is 2. The lowest BCUT2D eigenvalue weighted by atomic mass is 9.86. The van der Waals surface area contributed by atoms with E-state index in [9.17, 15) is 9.90 Å². The summed E-state index contributed by atoms with van der Waals surface area (Å²) in [7, 11) is 3.09. The maximum Gasteiger partial charge on any atom is 0.260 e. The van der Waals surface area contributed by atoms with Gasteiger partial charge in [-0.2, -0.15) is 0 Å². The van der Waals surface area contributed by atoms with Gasteiger partial charge >= 0.3 is 0 Å². The SMILES string of the molecule is COc1ccc(-c2c(O)c(C(=O)Nc3ccccc3C)c(-c3ccc(OC)c(N)c3)c3ccccc23)cc1N. The zero-order chi connectivity index (χ0) is 27.7. The van der Waals surface area contributed by atoms with Gasteiger partial charge in [0.1, 0.15) is 17.2 Å². The van der Waals surface area contributed by atoms with Crippen LogP contribution in [0.3, 0.4) is 0 Å². The molecule has 0 saturated carbocycles. The molecule has 0 aliphatic heterocycles. The minimum absolute atomic E-state index is 0.117. The topological polar surface area (TPSA) is 120 Å². The number of rotatable bonds is 6. The Bertz CT molecular complexity index is 1730. The molecule has 196 valence electrons. The number of anilines is 3. The van der Waals surface area contributed by atoms with E-state index < -0.39 is 5.91 Å². The molecule has 0 aromatic heterocycles. The zero-order valence-electron chi connectivity index (χ0n) is 21.9. The van der Waals surface area contributed by atoms with Crippen LogP contribution in [0.4, 0.5) is 17.1 Å². The van der Waals surface area contributed by atoms with Crippen LogP contribution in [-0.4, -0.2) is 25.2 Å². The van der Waals surface area contributed by atoms with E-state index >= 15 is 0 Å². The van der Waals surface area contributed by atoms with E-state index in [1.54, 1.807) is 38.5 Å². The van der Waals surface area contributed by atoms with Gasteiger partial charge in [-0.1, -0.05) is 54.6 Å². The Morgan fingerprint density at radius 1 is 0.744 bits per heavy atom. The second-order valence-electron chi connectivity index (χ2n) is 9.20. The first-order valence-corrected chi connectivity index (χ1v) is 12.4. The molecule has 0 spiro atoms. The first kappa shape index (κ1) is 25.5. The number of carbonyl (C=O) groups excluding carboxylic acids is 1. The van der Waals surface area contributed by atoms with Gasteiger partial charge in [-0.25, -0.2) is 0 Å². The van der Waals surface area contributed by atoms with Crippen LogP contribution in [0, 0.1) is 6.92 Å². The minimum atomic E-state index is -0.459. The van der Waals surface area contributed by atoms with E-state index in [0.29, 0.717) is 50.8 Å². The molecule has 0 heterocycles. The van der Waals surface area contributed by atoms with Gasteiger partial charge in [-0.05, 0) is 64.7 Å². The Morgan fingerprint density at radius 2 is 1.26 bits per heavy atom. The Hall–Kier alpha value is -5.17. The highest BCUT2D eigenvalue weighted by Crippen LogP contribution is 2.47. The van der Waals surface area contributed by atoms with Gasteiger partial charge in [0.2, 0.25) is 0 Å². The third-order valence-electron chi connectivity index (χ3n) is 6.85. The molecule has 0 aliphatic carbocycles. The number of fused-ring (bicyclic) bond motifs is 1. The molecule has 0 fully saturated rings. The Kier molecular flexibility index (Phi) is 6.73. The summed E-state index contributed by atoms with van der Waals surface area (Å²) in [5.41, 5.74) is 17.3. The average Bonchev–Trinajstić information content (AvgIpc) is 2.93. The fourth-order valence-electron chi connectivity index (χ4n) is 4.92. The number of para-hydroxylation sites is 1. The number of nitrogens with two attached hydrogens (primary N) is 2. The van der Waals surface area contributed by atoms with Gasteiger partial charge in [-0.3, -0.25) is 4.79 Å². The summed E-state index contributed by atoms with van der Waals surface area (Å²) in [6.45, 7) is 1.91. The summed E-state index contributed by atoms with van der Waals surface area (Å²) in [5.74, 6) is 0.405. The monoisotopic (exact) mass is 519 g/mol. The van der Waals surface area contributed by atoms with Crippen LogP contribution in [0.2, 0.25) is 0 Å². The molecule has 0 unspecified atom stereocenters. The third kappa shape index (κ3) is 4.55. The molecule has 7 nitrogen and oxygen atoms in total. The first-order valence-electron chi connectivity index (χ1n) is 12.4. The molecule has 5 aromatic rings. The molecule has 0 radical (unpaired) electrons. The number of hydrogen-bond acceptors (Lipinski definition) is 6. The van der Waals surface area contributed by atoms with Crippen LogP contribution in [0.5, 0.6) is 17.2 Å². The van der Waals surface area contributed by atoms with Gasteiger partial charge in [0.15, 0.2) is 0 Å². The lowest BCUT2D eigenvalue weighted by Crippen LogP contribution is -2.15. The fraction of sp³-hybridized carbons (Fsp3) is 0.0938. The second-order valence-corrected chi connectivity index (χ2v) is 9.20. The van der Waals surface area contributed by atoms with Crippen molar-refractivity contribution < 1.29 is 19.4 Å². The summed E-state index contributed by atoms with van der Waals surface area (Å²) in [5, 5.41) is 16.4. The zero-order valence-corrected chi connectivity index (χ0v) is 21.9. The lowest BCUT2D eigenvalue weighted by Gasteiger charge is -2.21. The lowest BCUT2D eigenvalue weighted by molar-refractivity contribution is 0.102. The number of ether oxygens (including phenoxy) is 2. The Balaban J connectivity index is 1.85. The number of hydrogen-bond donors (Lipinski definition) is 4. The maximum absolute atomic E-state index is 14.0. The summed E-state index contributed by atoms with van der Waals surface area (Å²) in [6.07, 6.45) is 0. The molecule has 6 N–H and O–H groups in total. The van der Waals surface area contributed by atoms with Crippen molar-refractivity contribution in [1.82, 2.24) is 0 Å². The predicted octanol–water partition coefficient (Wildman–Crippen LogP) is 6.62. The molecular weight excluding hydrogens is 490 g/mol. The van der Waals surface area contributed by atoms with Crippen molar-refractivity contribution in [3.63, 3.8) is 0 Å². The van der Waals surface area contributed by atoms with Crippen LogP contribution in [0.1, 0.15) is 15.9 Å². The highest BCUT2D eigenvalue weighted by atomic mass is 16.5. The van der Waals surface area contributed by atoms with E-state index in [2.05, 4.69) is 5.32 Å². The van der Waals surface area contributed by atoms with Gasteiger partial charge in [0, 0.05) is 16.8 Å². The van der Waals surface area contributed by atoms with Crippen molar-refractivity contribution >= 4 is 33.7 Å². The molecule has 0 aliphatic rings. The molecule has 5 rings (SSSR count). The summed E-state index contributed by atoms with van der Waals surface area (Å²) >= 11 is 0. The summed E-state index contributed by atoms with van der Waals surface area (Å²) < 4.78 is 10.7. The number of aryl methyl sites for hydroxylation is 1. The van der Waals surface area contributed by atoms with Crippen molar-refractivity contribution in [3.05, 3.63) is 96.1 Å². The average molecular weight is 520 g/mol. The number of amides is 1. The smallest absolute Gasteiger partial charge is 0.260 e. The number of phenolic OH excluding ortho intramolecular Hbond substituents is 1. The van der Waals surface area contributed by atoms with E-state index in [1.165, 1.54) is 0 Å². The quantitative estimate of drug-likeness (QED) is 0.187. The van der Waals surface area contributed by atoms with Gasteiger partial charge in [-0.15, -0.1) is 0 Å². The standard InChI is InChI=1S/C32H29N3O4/c1-18-8-4-7-11-25(18)35-32(37)30-28(19-12-14-26(38-2)23(33)16-19)21-9-5-6-10-22(21)29(31(30)36)20-13-15-27(39-3)24(34)17-20/h4-17,36H,33-34H2,1-3H3,(H,35,37). The highest BCUT2D eigenvalue weighted by molar-refractivity contribution is 6.20. The Labute approximate surface area is 226 Å². The van der Waals surface area contributed by atoms with Crippen LogP contribution in [-0.2, 0) is 0 Å². The fourth-order valence-corrected chi connectivity index (χ4v) is 4.92. The van der Waals surface area contributed by atoms with Crippen LogP contribution >= 0.6 is 0 Å². The number of aromatic hydroxyl groups is 1. The van der Waals surface area contributed by atoms with Crippen molar-refractivity contribution in [1.29, 1.82) is 0 Å². The molecular formula is C32H29N3O4. The van der Waals surface area contributed by atoms with Crippen molar-refractivity contribution in [2.24, 2.45) is 0 Å². The highest BCUT2D eigenvalue weighted by Gasteiger charge is 2.27. The molecule has 7 heteroatoms. The number of nitrogens with one attached hydrogen (secondary N) is 1. The van der Waals surface area contributed by atoms with E-state index in [4.69, 9.17) is 20.9 Å². The van der Waals surface area contributed by atoms with Gasteiger partial charge in [0.05, 0.1) is 31.2 Å². The van der Waals surface area contributed by atoms with Crippen molar-refractivity contribution in [2.45, 2.75) is 6.92 Å². The number of phenols is 1. The molecule has 0 bridgehead atoms. The van der Waals surface area contributed by atoms with Crippen LogP contribution < -0.4 is 26.3 Å². The molecule has 1 amide bonds. The number of benzene rings is 5. The summed E-state index contributed by atoms with van der Waals surface area (Å²) in [6, 6.07) is 25.7. The van der Waals surface area contributed by atoms with Gasteiger partial charge < -0.3 is 31.4 Å². The normalized spacial score (nSPS) is 10.8. The van der Waals surface area contributed by atoms with E-state index in [0.717, 1.165) is 16.3 Å². The molecule has 0 atom stereocenters. The maximum atomic E-state index is 14.0. The minimum Gasteiger partial charge on any atom is -0.506 e. The van der Waals surface area contributed by atoms with E-state index in [1.807, 2.05) is 67.6 Å². The van der Waals surface area contributed by atoms with Crippen molar-refractivity contribution in [2.75, 3.05) is 31.0 Å². The number of nitrogen functional groups attached to an aromatic ring is 2. The van der Waals surface area contributed by atoms with E-state index in [-0.39, 0.29) is 11.3 Å². The first-order chi connectivity index (χ1) is 18.8. The Morgan fingerprint density at radius 3 is 1.79 bits per heavy atom. The third-order valence-corrected chi connectivity index (χ3v) is 6.85. The molecule has 0 saturated heterocycles.